The number of ether oxygens (including phenoxy) is 4. The van der Waals surface area contributed by atoms with E-state index in [-0.39, 0.29) is 36.9 Å². The quantitative estimate of drug-likeness (QED) is 0.104. The Morgan fingerprint density at radius 2 is 1.83 bits per heavy atom. The van der Waals surface area contributed by atoms with Gasteiger partial charge < -0.3 is 29.6 Å². The smallest absolute Gasteiger partial charge is 0.338 e. The summed E-state index contributed by atoms with van der Waals surface area (Å²) in [5.41, 5.74) is 5.01. The van der Waals surface area contributed by atoms with Crippen molar-refractivity contribution in [3.63, 3.8) is 0 Å². The van der Waals surface area contributed by atoms with Crippen molar-refractivity contribution in [2.45, 2.75) is 26.5 Å². The highest BCUT2D eigenvalue weighted by Crippen LogP contribution is 2.35. The van der Waals surface area contributed by atoms with Crippen LogP contribution in [0.5, 0.6) is 17.2 Å². The first-order valence-corrected chi connectivity index (χ1v) is 16.0. The normalized spacial score (nSPS) is 14.4. The number of allylic oxidation sites excluding steroid dienone is 1. The molecule has 0 radical (unpaired) electrons. The van der Waals surface area contributed by atoms with Crippen LogP contribution in [-0.2, 0) is 20.9 Å². The molecular formula is C31H28Br2Cl2N4O7. The van der Waals surface area contributed by atoms with Crippen molar-refractivity contribution in [3.8, 4) is 17.2 Å². The topological polar surface area (TPSA) is 137 Å². The number of amides is 3. The molecular weight excluding hydrogens is 771 g/mol. The average Bonchev–Trinajstić information content (AvgIpc) is 3.00. The van der Waals surface area contributed by atoms with E-state index in [4.69, 9.17) is 42.1 Å². The van der Waals surface area contributed by atoms with E-state index in [2.05, 4.69) is 53.0 Å². The second-order valence-electron chi connectivity index (χ2n) is 9.63. The molecule has 0 fully saturated rings. The molecule has 3 N–H and O–H groups in total. The maximum atomic E-state index is 12.6. The first-order valence-electron chi connectivity index (χ1n) is 13.6. The van der Waals surface area contributed by atoms with Crippen LogP contribution in [0.25, 0.3) is 0 Å². The molecule has 3 amide bonds. The minimum atomic E-state index is -0.788. The van der Waals surface area contributed by atoms with Gasteiger partial charge in [0, 0.05) is 15.7 Å². The third-order valence-corrected chi connectivity index (χ3v) is 8.23. The summed E-state index contributed by atoms with van der Waals surface area (Å²) in [6.45, 7) is 3.32. The van der Waals surface area contributed by atoms with Gasteiger partial charge in [0.05, 0.1) is 46.1 Å². The lowest BCUT2D eigenvalue weighted by atomic mass is 9.95. The first kappa shape index (κ1) is 35.1. The SMILES string of the molecule is CCOC(=O)C1=C(C)NC(=O)N[C@H]1c1ccc(OCC(=O)N/N=C/c2cc(Br)cc(Br)c2OCc2ccc(Cl)c(Cl)c2)c(OC)c1. The highest BCUT2D eigenvalue weighted by atomic mass is 79.9. The molecule has 0 spiro atoms. The molecule has 15 heteroatoms. The highest BCUT2D eigenvalue weighted by Gasteiger charge is 2.32. The fourth-order valence-electron chi connectivity index (χ4n) is 4.37. The molecule has 1 aliphatic heterocycles. The van der Waals surface area contributed by atoms with E-state index in [1.807, 2.05) is 12.1 Å². The third-order valence-electron chi connectivity index (χ3n) is 6.44. The van der Waals surface area contributed by atoms with Crippen molar-refractivity contribution in [3.05, 3.63) is 95.5 Å². The molecule has 0 aliphatic carbocycles. The van der Waals surface area contributed by atoms with E-state index in [0.29, 0.717) is 37.1 Å². The van der Waals surface area contributed by atoms with Crippen molar-refractivity contribution in [2.75, 3.05) is 20.3 Å². The van der Waals surface area contributed by atoms with E-state index in [1.165, 1.54) is 13.3 Å². The zero-order valence-corrected chi connectivity index (χ0v) is 29.4. The number of nitrogens with zero attached hydrogens (tertiary/aromatic N) is 1. The van der Waals surface area contributed by atoms with Crippen LogP contribution in [0.4, 0.5) is 4.79 Å². The van der Waals surface area contributed by atoms with E-state index < -0.39 is 23.9 Å². The number of hydrogen-bond acceptors (Lipinski definition) is 8. The number of methoxy groups -OCH3 is 1. The second-order valence-corrected chi connectivity index (χ2v) is 12.2. The number of nitrogens with one attached hydrogen (secondary N) is 3. The Bertz CT molecular complexity index is 1720. The van der Waals surface area contributed by atoms with E-state index in [0.717, 1.165) is 10.0 Å². The Morgan fingerprint density at radius 1 is 1.04 bits per heavy atom. The van der Waals surface area contributed by atoms with Gasteiger partial charge in [-0.05, 0) is 77.3 Å². The van der Waals surface area contributed by atoms with Gasteiger partial charge in [0.2, 0.25) is 0 Å². The summed E-state index contributed by atoms with van der Waals surface area (Å²) < 4.78 is 23.8. The van der Waals surface area contributed by atoms with Crippen LogP contribution in [0.3, 0.4) is 0 Å². The lowest BCUT2D eigenvalue weighted by Crippen LogP contribution is -2.45. The number of carbonyl (C=O) groups excluding carboxylic acids is 3. The molecule has 0 unspecified atom stereocenters. The van der Waals surface area contributed by atoms with Gasteiger partial charge in [-0.3, -0.25) is 4.79 Å². The first-order chi connectivity index (χ1) is 22.0. The van der Waals surface area contributed by atoms with E-state index >= 15 is 0 Å². The number of rotatable bonds is 12. The minimum Gasteiger partial charge on any atom is -0.493 e. The molecule has 4 rings (SSSR count). The van der Waals surface area contributed by atoms with Crippen molar-refractivity contribution >= 4 is 79.2 Å². The van der Waals surface area contributed by atoms with Gasteiger partial charge in [-0.25, -0.2) is 15.0 Å². The number of hydrogen-bond donors (Lipinski definition) is 3. The fourth-order valence-corrected chi connectivity index (χ4v) is 6.06. The average molecular weight is 799 g/mol. The standard InChI is InChI=1S/C31H28Br2Cl2N4O7/c1-4-44-30(41)27-16(2)37-31(42)38-28(27)18-6-8-24(25(11-18)43-3)45-15-26(40)39-36-13-19-10-20(32)12-21(33)29(19)46-14-17-5-7-22(34)23(35)9-17/h5-13,28H,4,14-15H2,1-3H3,(H,39,40)(H2,37,38,42)/b36-13+/t28-/m0/s1. The van der Waals surface area contributed by atoms with Gasteiger partial charge in [0.15, 0.2) is 18.1 Å². The number of urea groups is 1. The molecule has 1 heterocycles. The summed E-state index contributed by atoms with van der Waals surface area (Å²) in [5, 5.41) is 10.2. The van der Waals surface area contributed by atoms with Gasteiger partial charge in [-0.15, -0.1) is 0 Å². The molecule has 46 heavy (non-hydrogen) atoms. The molecule has 0 aromatic heterocycles. The molecule has 3 aromatic rings. The van der Waals surface area contributed by atoms with Gasteiger partial charge >= 0.3 is 12.0 Å². The molecule has 1 atom stereocenters. The number of benzene rings is 3. The number of halogens is 4. The van der Waals surface area contributed by atoms with E-state index in [1.54, 1.807) is 50.2 Å². The maximum absolute atomic E-state index is 12.6. The fraction of sp³-hybridized carbons (Fsp3) is 0.226. The van der Waals surface area contributed by atoms with Crippen LogP contribution in [0.1, 0.15) is 36.6 Å². The Hall–Kier alpha value is -3.78. The molecule has 242 valence electrons. The molecule has 0 bridgehead atoms. The summed E-state index contributed by atoms with van der Waals surface area (Å²) in [6, 6.07) is 12.4. The predicted octanol–water partition coefficient (Wildman–Crippen LogP) is 6.83. The second kappa shape index (κ2) is 16.2. The molecule has 0 saturated heterocycles. The van der Waals surface area contributed by atoms with Crippen LogP contribution in [0, 0.1) is 0 Å². The number of hydrazone groups is 1. The monoisotopic (exact) mass is 796 g/mol. The van der Waals surface area contributed by atoms with Crippen molar-refractivity contribution in [1.82, 2.24) is 16.1 Å². The molecule has 11 nitrogen and oxygen atoms in total. The zero-order chi connectivity index (χ0) is 33.4. The summed E-state index contributed by atoms with van der Waals surface area (Å²) in [7, 11) is 1.43. The van der Waals surface area contributed by atoms with Crippen molar-refractivity contribution < 1.29 is 33.3 Å². The summed E-state index contributed by atoms with van der Waals surface area (Å²) in [6.07, 6.45) is 1.44. The highest BCUT2D eigenvalue weighted by molar-refractivity contribution is 9.11. The van der Waals surface area contributed by atoms with Crippen molar-refractivity contribution in [2.24, 2.45) is 5.10 Å². The van der Waals surface area contributed by atoms with Crippen molar-refractivity contribution in [1.29, 1.82) is 0 Å². The van der Waals surface area contributed by atoms with Crippen LogP contribution in [-0.4, -0.2) is 44.4 Å². The van der Waals surface area contributed by atoms with Gasteiger partial charge in [-0.1, -0.05) is 51.3 Å². The number of esters is 1. The Labute approximate surface area is 291 Å². The summed E-state index contributed by atoms with van der Waals surface area (Å²) in [5.74, 6) is -0.0598. The van der Waals surface area contributed by atoms with Gasteiger partial charge in [-0.2, -0.15) is 5.10 Å². The lowest BCUT2D eigenvalue weighted by Gasteiger charge is -2.28. The van der Waals surface area contributed by atoms with Crippen LogP contribution in [0.2, 0.25) is 10.0 Å². The molecule has 0 saturated carbocycles. The molecule has 3 aromatic carbocycles. The predicted molar refractivity (Wildman–Crippen MR) is 181 cm³/mol. The third kappa shape index (κ3) is 8.93. The van der Waals surface area contributed by atoms with E-state index in [9.17, 15) is 14.4 Å². The maximum Gasteiger partial charge on any atom is 0.338 e. The molecule has 1 aliphatic rings. The Kier molecular flexibility index (Phi) is 12.3. The van der Waals surface area contributed by atoms with Crippen LogP contribution >= 0.6 is 55.1 Å². The zero-order valence-electron chi connectivity index (χ0n) is 24.7. The summed E-state index contributed by atoms with van der Waals surface area (Å²) >= 11 is 19.1. The van der Waals surface area contributed by atoms with Gasteiger partial charge in [0.1, 0.15) is 12.4 Å². The van der Waals surface area contributed by atoms with Crippen LogP contribution < -0.4 is 30.3 Å². The largest absolute Gasteiger partial charge is 0.493 e. The summed E-state index contributed by atoms with van der Waals surface area (Å²) in [4.78, 5) is 37.4. The van der Waals surface area contributed by atoms with Gasteiger partial charge in [0.25, 0.3) is 5.91 Å². The lowest BCUT2D eigenvalue weighted by molar-refractivity contribution is -0.139. The van der Waals surface area contributed by atoms with Crippen LogP contribution in [0.15, 0.2) is 73.8 Å². The Balaban J connectivity index is 1.41. The Morgan fingerprint density at radius 3 is 2.54 bits per heavy atom. The minimum absolute atomic E-state index is 0.175. The number of carbonyl (C=O) groups is 3.